The fourth-order valence-corrected chi connectivity index (χ4v) is 2.44. The van der Waals surface area contributed by atoms with Crippen LogP contribution in [0.1, 0.15) is 12.0 Å². The number of guanidine groups is 1. The fourth-order valence-electron chi connectivity index (χ4n) is 2.44. The van der Waals surface area contributed by atoms with E-state index in [0.717, 1.165) is 44.4 Å². The van der Waals surface area contributed by atoms with Crippen molar-refractivity contribution >= 4 is 5.96 Å². The lowest BCUT2D eigenvalue weighted by Crippen LogP contribution is -2.40. The average Bonchev–Trinajstić information content (AvgIpc) is 3.02. The average molecular weight is 291 g/mol. The van der Waals surface area contributed by atoms with E-state index in [1.807, 2.05) is 26.2 Å². The van der Waals surface area contributed by atoms with Crippen LogP contribution < -0.4 is 10.1 Å². The van der Waals surface area contributed by atoms with Crippen molar-refractivity contribution in [2.45, 2.75) is 13.0 Å². The van der Waals surface area contributed by atoms with E-state index in [4.69, 9.17) is 9.47 Å². The van der Waals surface area contributed by atoms with Gasteiger partial charge in [-0.2, -0.15) is 0 Å². The molecule has 0 aromatic heterocycles. The summed E-state index contributed by atoms with van der Waals surface area (Å²) in [4.78, 5) is 6.47. The summed E-state index contributed by atoms with van der Waals surface area (Å²) in [7, 11) is 5.54. The smallest absolute Gasteiger partial charge is 0.193 e. The number of rotatable bonds is 5. The normalized spacial score (nSPS) is 18.6. The molecule has 5 nitrogen and oxygen atoms in total. The Labute approximate surface area is 127 Å². The number of nitrogens with one attached hydrogen (secondary N) is 1. The number of aliphatic imine (C=N–C) groups is 1. The van der Waals surface area contributed by atoms with Gasteiger partial charge in [-0.05, 0) is 24.1 Å². The van der Waals surface area contributed by atoms with Crippen LogP contribution >= 0.6 is 0 Å². The fraction of sp³-hybridized carbons (Fsp3) is 0.562. The van der Waals surface area contributed by atoms with E-state index >= 15 is 0 Å². The van der Waals surface area contributed by atoms with Gasteiger partial charge < -0.3 is 19.7 Å². The quantitative estimate of drug-likeness (QED) is 0.663. The Balaban J connectivity index is 1.85. The number of methoxy groups -OCH3 is 1. The second kappa shape index (κ2) is 7.88. The van der Waals surface area contributed by atoms with Gasteiger partial charge in [-0.25, -0.2) is 0 Å². The lowest BCUT2D eigenvalue weighted by Gasteiger charge is -2.23. The summed E-state index contributed by atoms with van der Waals surface area (Å²) in [5.41, 5.74) is 1.23. The minimum atomic E-state index is 0.594. The van der Waals surface area contributed by atoms with Gasteiger partial charge >= 0.3 is 0 Å². The molecule has 0 radical (unpaired) electrons. The summed E-state index contributed by atoms with van der Waals surface area (Å²) >= 11 is 0. The number of nitrogens with zero attached hydrogens (tertiary/aromatic N) is 2. The molecule has 2 rings (SSSR count). The van der Waals surface area contributed by atoms with Crippen LogP contribution in [0.2, 0.25) is 0 Å². The topological polar surface area (TPSA) is 46.1 Å². The third-order valence-electron chi connectivity index (χ3n) is 3.73. The van der Waals surface area contributed by atoms with Gasteiger partial charge in [0.1, 0.15) is 5.75 Å². The molecule has 0 amide bonds. The van der Waals surface area contributed by atoms with E-state index in [0.29, 0.717) is 5.92 Å². The Kier molecular flexibility index (Phi) is 5.87. The molecule has 0 saturated carbocycles. The maximum Gasteiger partial charge on any atom is 0.193 e. The van der Waals surface area contributed by atoms with Crippen molar-refractivity contribution in [2.24, 2.45) is 10.9 Å². The Hall–Kier alpha value is -1.75. The molecular formula is C16H25N3O2. The lowest BCUT2D eigenvalue weighted by molar-refractivity contribution is 0.186. The minimum Gasteiger partial charge on any atom is -0.497 e. The van der Waals surface area contributed by atoms with E-state index in [1.165, 1.54) is 5.56 Å². The molecule has 0 bridgehead atoms. The van der Waals surface area contributed by atoms with Crippen molar-refractivity contribution in [3.8, 4) is 5.75 Å². The van der Waals surface area contributed by atoms with E-state index in [-0.39, 0.29) is 0 Å². The first kappa shape index (κ1) is 15.6. The van der Waals surface area contributed by atoms with Crippen LogP contribution in [0.5, 0.6) is 5.75 Å². The SMILES string of the molecule is CN=C(NCC1CCOC1)N(C)Cc1ccc(OC)cc1. The molecular weight excluding hydrogens is 266 g/mol. The first-order valence-corrected chi connectivity index (χ1v) is 7.35. The van der Waals surface area contributed by atoms with Crippen LogP contribution in [-0.2, 0) is 11.3 Å². The van der Waals surface area contributed by atoms with Gasteiger partial charge in [0.2, 0.25) is 0 Å². The molecule has 1 unspecified atom stereocenters. The van der Waals surface area contributed by atoms with Gasteiger partial charge in [0.05, 0.1) is 13.7 Å². The Morgan fingerprint density at radius 1 is 1.43 bits per heavy atom. The molecule has 116 valence electrons. The number of benzene rings is 1. The maximum absolute atomic E-state index is 5.40. The molecule has 1 N–H and O–H groups in total. The van der Waals surface area contributed by atoms with E-state index in [1.54, 1.807) is 7.11 Å². The van der Waals surface area contributed by atoms with E-state index in [2.05, 4.69) is 27.3 Å². The molecule has 0 aliphatic carbocycles. The molecule has 0 spiro atoms. The molecule has 1 aliphatic rings. The zero-order chi connectivity index (χ0) is 15.1. The summed E-state index contributed by atoms with van der Waals surface area (Å²) in [6.45, 7) is 3.46. The highest BCUT2D eigenvalue weighted by Crippen LogP contribution is 2.13. The highest BCUT2D eigenvalue weighted by atomic mass is 16.5. The molecule has 1 aliphatic heterocycles. The third-order valence-corrected chi connectivity index (χ3v) is 3.73. The zero-order valence-corrected chi connectivity index (χ0v) is 13.1. The minimum absolute atomic E-state index is 0.594. The number of hydrogen-bond acceptors (Lipinski definition) is 3. The standard InChI is InChI=1S/C16H25N3O2/c1-17-16(18-10-14-8-9-21-12-14)19(2)11-13-4-6-15(20-3)7-5-13/h4-7,14H,8-12H2,1-3H3,(H,17,18). The molecule has 21 heavy (non-hydrogen) atoms. The predicted molar refractivity (Wildman–Crippen MR) is 84.7 cm³/mol. The van der Waals surface area contributed by atoms with E-state index in [9.17, 15) is 0 Å². The molecule has 1 heterocycles. The summed E-state index contributed by atoms with van der Waals surface area (Å²) in [5, 5.41) is 3.43. The van der Waals surface area contributed by atoms with Gasteiger partial charge in [0, 0.05) is 39.7 Å². The van der Waals surface area contributed by atoms with Crippen molar-refractivity contribution in [2.75, 3.05) is 41.0 Å². The second-order valence-corrected chi connectivity index (χ2v) is 5.36. The second-order valence-electron chi connectivity index (χ2n) is 5.36. The summed E-state index contributed by atoms with van der Waals surface area (Å²) < 4.78 is 10.6. The monoisotopic (exact) mass is 291 g/mol. The van der Waals surface area contributed by atoms with Crippen LogP contribution in [0.3, 0.4) is 0 Å². The summed E-state index contributed by atoms with van der Waals surface area (Å²) in [5.74, 6) is 2.39. The molecule has 1 aromatic carbocycles. The van der Waals surface area contributed by atoms with Crippen molar-refractivity contribution in [1.82, 2.24) is 10.2 Å². The van der Waals surface area contributed by atoms with Crippen molar-refractivity contribution in [3.05, 3.63) is 29.8 Å². The molecule has 1 atom stereocenters. The Morgan fingerprint density at radius 3 is 2.76 bits per heavy atom. The van der Waals surface area contributed by atoms with Gasteiger partial charge in [0.25, 0.3) is 0 Å². The number of ether oxygens (including phenoxy) is 2. The first-order chi connectivity index (χ1) is 10.2. The molecule has 1 aromatic rings. The zero-order valence-electron chi connectivity index (χ0n) is 13.1. The predicted octanol–water partition coefficient (Wildman–Crippen LogP) is 1.74. The Morgan fingerprint density at radius 2 is 2.19 bits per heavy atom. The lowest BCUT2D eigenvalue weighted by atomic mass is 10.1. The van der Waals surface area contributed by atoms with Crippen LogP contribution in [0.4, 0.5) is 0 Å². The summed E-state index contributed by atoms with van der Waals surface area (Å²) in [6, 6.07) is 8.12. The van der Waals surface area contributed by atoms with Crippen LogP contribution in [-0.4, -0.2) is 51.8 Å². The van der Waals surface area contributed by atoms with Gasteiger partial charge in [0.15, 0.2) is 5.96 Å². The number of hydrogen-bond donors (Lipinski definition) is 1. The van der Waals surface area contributed by atoms with Gasteiger partial charge in [-0.1, -0.05) is 12.1 Å². The van der Waals surface area contributed by atoms with Crippen molar-refractivity contribution in [3.63, 3.8) is 0 Å². The highest BCUT2D eigenvalue weighted by Gasteiger charge is 2.16. The van der Waals surface area contributed by atoms with Crippen LogP contribution in [0, 0.1) is 5.92 Å². The Bertz CT molecular complexity index is 453. The van der Waals surface area contributed by atoms with Crippen LogP contribution in [0.15, 0.2) is 29.3 Å². The summed E-state index contributed by atoms with van der Waals surface area (Å²) in [6.07, 6.45) is 1.13. The molecule has 1 saturated heterocycles. The third kappa shape index (κ3) is 4.63. The van der Waals surface area contributed by atoms with Crippen molar-refractivity contribution < 1.29 is 9.47 Å². The van der Waals surface area contributed by atoms with Gasteiger partial charge in [-0.3, -0.25) is 4.99 Å². The van der Waals surface area contributed by atoms with Gasteiger partial charge in [-0.15, -0.1) is 0 Å². The molecule has 5 heteroatoms. The van der Waals surface area contributed by atoms with Crippen molar-refractivity contribution in [1.29, 1.82) is 0 Å². The van der Waals surface area contributed by atoms with Crippen LogP contribution in [0.25, 0.3) is 0 Å². The molecule has 1 fully saturated rings. The maximum atomic E-state index is 5.40. The van der Waals surface area contributed by atoms with E-state index < -0.39 is 0 Å². The largest absolute Gasteiger partial charge is 0.497 e. The first-order valence-electron chi connectivity index (χ1n) is 7.35. The highest BCUT2D eigenvalue weighted by molar-refractivity contribution is 5.79.